The van der Waals surface area contributed by atoms with Crippen LogP contribution in [0.4, 0.5) is 4.39 Å². The van der Waals surface area contributed by atoms with E-state index in [-0.39, 0.29) is 24.2 Å². The third-order valence-corrected chi connectivity index (χ3v) is 7.49. The maximum Gasteiger partial charge on any atom is 0.254 e. The number of hydrogen-bond acceptors (Lipinski definition) is 4. The second-order valence-electron chi connectivity index (χ2n) is 8.74. The Balaban J connectivity index is 1.52. The van der Waals surface area contributed by atoms with Crippen molar-refractivity contribution in [2.45, 2.75) is 25.9 Å². The van der Waals surface area contributed by atoms with Gasteiger partial charge in [0.2, 0.25) is 5.91 Å². The SMILES string of the molecule is O=C(CN(CCN1CCCC1)C(=O)c1cccc(Br)c1)N(Cc1ccc(F)cc1)Cc1cccs1. The molecule has 8 heteroatoms. The standard InChI is InChI=1S/C27H29BrFN3O2S/c28-23-6-3-5-22(17-23)27(34)31(15-14-30-12-1-2-13-30)20-26(33)32(19-25-7-4-16-35-25)18-21-8-10-24(29)11-9-21/h3-11,16-17H,1-2,12-15,18-20H2. The Kier molecular flexibility index (Phi) is 9.06. The molecule has 184 valence electrons. The molecule has 3 aromatic rings. The monoisotopic (exact) mass is 557 g/mol. The molecule has 0 radical (unpaired) electrons. The van der Waals surface area contributed by atoms with E-state index in [1.807, 2.05) is 29.6 Å². The summed E-state index contributed by atoms with van der Waals surface area (Å²) < 4.78 is 14.2. The van der Waals surface area contributed by atoms with Gasteiger partial charge in [0, 0.05) is 34.5 Å². The van der Waals surface area contributed by atoms with Crippen molar-refractivity contribution in [1.82, 2.24) is 14.7 Å². The Hall–Kier alpha value is -2.55. The van der Waals surface area contributed by atoms with Crippen molar-refractivity contribution in [3.05, 3.63) is 92.3 Å². The van der Waals surface area contributed by atoms with Crippen LogP contribution >= 0.6 is 27.3 Å². The van der Waals surface area contributed by atoms with E-state index in [0.717, 1.165) is 34.5 Å². The van der Waals surface area contributed by atoms with Gasteiger partial charge in [-0.2, -0.15) is 0 Å². The van der Waals surface area contributed by atoms with Crippen LogP contribution in [0.2, 0.25) is 0 Å². The fourth-order valence-corrected chi connectivity index (χ4v) is 5.34. The average Bonchev–Trinajstić information content (AvgIpc) is 3.56. The normalized spacial score (nSPS) is 13.7. The lowest BCUT2D eigenvalue weighted by molar-refractivity contribution is -0.133. The minimum atomic E-state index is -0.308. The number of likely N-dealkylation sites (tertiary alicyclic amines) is 1. The first-order valence-electron chi connectivity index (χ1n) is 11.8. The summed E-state index contributed by atoms with van der Waals surface area (Å²) in [6.07, 6.45) is 2.34. The van der Waals surface area contributed by atoms with Gasteiger partial charge in [0.15, 0.2) is 0 Å². The molecule has 0 unspecified atom stereocenters. The van der Waals surface area contributed by atoms with Crippen LogP contribution in [-0.2, 0) is 17.9 Å². The maximum absolute atomic E-state index is 13.6. The van der Waals surface area contributed by atoms with Crippen molar-refractivity contribution in [1.29, 1.82) is 0 Å². The van der Waals surface area contributed by atoms with Gasteiger partial charge in [0.05, 0.1) is 6.54 Å². The Bertz CT molecular complexity index is 1120. The fourth-order valence-electron chi connectivity index (χ4n) is 4.22. The zero-order chi connectivity index (χ0) is 24.6. The maximum atomic E-state index is 13.6. The Morgan fingerprint density at radius 2 is 1.74 bits per heavy atom. The zero-order valence-electron chi connectivity index (χ0n) is 19.5. The first kappa shape index (κ1) is 25.5. The van der Waals surface area contributed by atoms with Gasteiger partial charge in [0.1, 0.15) is 12.4 Å². The van der Waals surface area contributed by atoms with Crippen LogP contribution in [0.15, 0.2) is 70.5 Å². The lowest BCUT2D eigenvalue weighted by Gasteiger charge is -2.29. The molecule has 1 saturated heterocycles. The van der Waals surface area contributed by atoms with Crippen molar-refractivity contribution in [3.8, 4) is 0 Å². The van der Waals surface area contributed by atoms with Gasteiger partial charge >= 0.3 is 0 Å². The lowest BCUT2D eigenvalue weighted by atomic mass is 10.2. The molecular formula is C27H29BrFN3O2S. The number of thiophene rings is 1. The van der Waals surface area contributed by atoms with Crippen molar-refractivity contribution >= 4 is 39.1 Å². The van der Waals surface area contributed by atoms with Crippen LogP contribution in [0.25, 0.3) is 0 Å². The topological polar surface area (TPSA) is 43.9 Å². The highest BCUT2D eigenvalue weighted by Crippen LogP contribution is 2.18. The van der Waals surface area contributed by atoms with Crippen molar-refractivity contribution in [2.24, 2.45) is 0 Å². The summed E-state index contributed by atoms with van der Waals surface area (Å²) >= 11 is 5.03. The molecule has 0 atom stereocenters. The number of halogens is 2. The predicted molar refractivity (Wildman–Crippen MR) is 141 cm³/mol. The fraction of sp³-hybridized carbons (Fsp3) is 0.333. The summed E-state index contributed by atoms with van der Waals surface area (Å²) in [5.41, 5.74) is 1.40. The third-order valence-electron chi connectivity index (χ3n) is 6.14. The van der Waals surface area contributed by atoms with Crippen molar-refractivity contribution in [2.75, 3.05) is 32.7 Å². The van der Waals surface area contributed by atoms with Gasteiger partial charge in [0.25, 0.3) is 5.91 Å². The van der Waals surface area contributed by atoms with E-state index in [0.29, 0.717) is 25.2 Å². The van der Waals surface area contributed by atoms with Crippen molar-refractivity contribution < 1.29 is 14.0 Å². The first-order valence-corrected chi connectivity index (χ1v) is 13.5. The zero-order valence-corrected chi connectivity index (χ0v) is 21.9. The molecule has 0 saturated carbocycles. The van der Waals surface area contributed by atoms with Gasteiger partial charge in [-0.25, -0.2) is 4.39 Å². The van der Waals surface area contributed by atoms with E-state index in [9.17, 15) is 14.0 Å². The Morgan fingerprint density at radius 3 is 2.43 bits per heavy atom. The molecule has 0 aliphatic carbocycles. The lowest BCUT2D eigenvalue weighted by Crippen LogP contribution is -2.45. The van der Waals surface area contributed by atoms with E-state index in [2.05, 4.69) is 20.8 Å². The molecule has 1 aliphatic rings. The van der Waals surface area contributed by atoms with Crippen LogP contribution in [0.1, 0.15) is 33.6 Å². The minimum Gasteiger partial charge on any atom is -0.332 e. The number of benzene rings is 2. The van der Waals surface area contributed by atoms with E-state index >= 15 is 0 Å². The summed E-state index contributed by atoms with van der Waals surface area (Å²) in [6.45, 7) is 4.08. The van der Waals surface area contributed by atoms with Crippen LogP contribution in [0, 0.1) is 5.82 Å². The van der Waals surface area contributed by atoms with Gasteiger partial charge in [-0.05, 0) is 73.3 Å². The summed E-state index contributed by atoms with van der Waals surface area (Å²) in [5.74, 6) is -0.596. The highest BCUT2D eigenvalue weighted by atomic mass is 79.9. The smallest absolute Gasteiger partial charge is 0.254 e. The quantitative estimate of drug-likeness (QED) is 0.334. The van der Waals surface area contributed by atoms with Gasteiger partial charge in [-0.3, -0.25) is 9.59 Å². The molecule has 5 nitrogen and oxygen atoms in total. The predicted octanol–water partition coefficient (Wildman–Crippen LogP) is 5.42. The van der Waals surface area contributed by atoms with Crippen molar-refractivity contribution in [3.63, 3.8) is 0 Å². The van der Waals surface area contributed by atoms with Crippen LogP contribution in [-0.4, -0.2) is 59.2 Å². The van der Waals surface area contributed by atoms with E-state index < -0.39 is 0 Å². The highest BCUT2D eigenvalue weighted by molar-refractivity contribution is 9.10. The number of amides is 2. The molecule has 1 aromatic heterocycles. The van der Waals surface area contributed by atoms with Crippen LogP contribution < -0.4 is 0 Å². The Labute approximate surface area is 218 Å². The molecule has 0 N–H and O–H groups in total. The molecule has 2 aromatic carbocycles. The van der Waals surface area contributed by atoms with Crippen LogP contribution in [0.5, 0.6) is 0 Å². The largest absolute Gasteiger partial charge is 0.332 e. The first-order chi connectivity index (χ1) is 17.0. The highest BCUT2D eigenvalue weighted by Gasteiger charge is 2.24. The third kappa shape index (κ3) is 7.46. The summed E-state index contributed by atoms with van der Waals surface area (Å²) in [6, 6.07) is 17.4. The van der Waals surface area contributed by atoms with Gasteiger partial charge < -0.3 is 14.7 Å². The number of carbonyl (C=O) groups is 2. The van der Waals surface area contributed by atoms with E-state index in [1.165, 1.54) is 25.0 Å². The minimum absolute atomic E-state index is 0.00818. The molecule has 0 spiro atoms. The molecule has 1 aliphatic heterocycles. The summed E-state index contributed by atoms with van der Waals surface area (Å²) in [7, 11) is 0. The van der Waals surface area contributed by atoms with E-state index in [4.69, 9.17) is 0 Å². The molecule has 2 heterocycles. The Morgan fingerprint density at radius 1 is 0.971 bits per heavy atom. The molecule has 2 amide bonds. The molecule has 0 bridgehead atoms. The molecule has 35 heavy (non-hydrogen) atoms. The second kappa shape index (κ2) is 12.4. The summed E-state index contributed by atoms with van der Waals surface area (Å²) in [5, 5.41) is 1.98. The average molecular weight is 559 g/mol. The number of hydrogen-bond donors (Lipinski definition) is 0. The second-order valence-corrected chi connectivity index (χ2v) is 10.7. The van der Waals surface area contributed by atoms with Gasteiger partial charge in [-0.15, -0.1) is 11.3 Å². The van der Waals surface area contributed by atoms with Gasteiger partial charge in [-0.1, -0.05) is 40.2 Å². The number of nitrogens with zero attached hydrogens (tertiary/aromatic N) is 3. The molecule has 1 fully saturated rings. The molecule has 4 rings (SSSR count). The van der Waals surface area contributed by atoms with Crippen LogP contribution in [0.3, 0.4) is 0 Å². The number of rotatable bonds is 10. The van der Waals surface area contributed by atoms with E-state index in [1.54, 1.807) is 45.4 Å². The summed E-state index contributed by atoms with van der Waals surface area (Å²) in [4.78, 5) is 33.8. The number of carbonyl (C=O) groups excluding carboxylic acids is 2. The molecular weight excluding hydrogens is 529 g/mol.